The van der Waals surface area contributed by atoms with Gasteiger partial charge in [-0.3, -0.25) is 9.59 Å². The van der Waals surface area contributed by atoms with Crippen molar-refractivity contribution >= 4 is 23.6 Å². The summed E-state index contributed by atoms with van der Waals surface area (Å²) in [5, 5.41) is 15.8. The summed E-state index contributed by atoms with van der Waals surface area (Å²) in [5.41, 5.74) is 2.30. The maximum absolute atomic E-state index is 14.3. The van der Waals surface area contributed by atoms with Crippen molar-refractivity contribution in [2.75, 3.05) is 5.32 Å². The monoisotopic (exact) mass is 539 g/mol. The lowest BCUT2D eigenvalue weighted by molar-refractivity contribution is -0.144. The van der Waals surface area contributed by atoms with Crippen molar-refractivity contribution in [3.8, 4) is 5.75 Å². The summed E-state index contributed by atoms with van der Waals surface area (Å²) in [7, 11) is 0. The molecule has 0 fully saturated rings. The van der Waals surface area contributed by atoms with E-state index < -0.39 is 23.8 Å². The highest BCUT2D eigenvalue weighted by atomic mass is 16.6. The summed E-state index contributed by atoms with van der Waals surface area (Å²) in [6.45, 7) is 16.8. The summed E-state index contributed by atoms with van der Waals surface area (Å²) in [6, 6.07) is 9.78. The van der Waals surface area contributed by atoms with Gasteiger partial charge < -0.3 is 25.4 Å². The first-order valence-electron chi connectivity index (χ1n) is 13.7. The van der Waals surface area contributed by atoms with E-state index in [0.717, 1.165) is 11.1 Å². The summed E-state index contributed by atoms with van der Waals surface area (Å²) in [6.07, 6.45) is 0.516. The van der Waals surface area contributed by atoms with Crippen LogP contribution < -0.4 is 10.6 Å². The first kappa shape index (κ1) is 31.7. The molecule has 0 bridgehead atoms. The van der Waals surface area contributed by atoms with Crippen LogP contribution in [-0.4, -0.2) is 45.6 Å². The number of aryl methyl sites for hydroxylation is 2. The number of anilines is 1. The number of nitrogens with one attached hydrogen (secondary N) is 2. The average molecular weight is 540 g/mol. The van der Waals surface area contributed by atoms with Crippen LogP contribution >= 0.6 is 0 Å². The molecule has 39 heavy (non-hydrogen) atoms. The molecule has 3 amide bonds. The third-order valence-electron chi connectivity index (χ3n) is 6.94. The Hall–Kier alpha value is -3.55. The van der Waals surface area contributed by atoms with Gasteiger partial charge in [-0.2, -0.15) is 0 Å². The van der Waals surface area contributed by atoms with E-state index in [1.54, 1.807) is 37.8 Å². The number of rotatable bonds is 10. The molecule has 0 saturated carbocycles. The van der Waals surface area contributed by atoms with Gasteiger partial charge in [0.1, 0.15) is 23.4 Å². The van der Waals surface area contributed by atoms with E-state index in [9.17, 15) is 19.5 Å². The fourth-order valence-electron chi connectivity index (χ4n) is 4.37. The fraction of sp³-hybridized carbons (Fsp3) is 0.516. The van der Waals surface area contributed by atoms with Gasteiger partial charge >= 0.3 is 6.09 Å². The molecule has 2 rings (SSSR count). The smallest absolute Gasteiger partial charge is 0.408 e. The van der Waals surface area contributed by atoms with E-state index >= 15 is 0 Å². The van der Waals surface area contributed by atoms with Crippen molar-refractivity contribution in [2.24, 2.45) is 5.92 Å². The largest absolute Gasteiger partial charge is 0.508 e. The standard InChI is InChI=1S/C31H45N3O5/c1-10-19(3)26(33-30(38)39-31(7,8)9)29(37)34(22(6)11-2)27(23-15-17-24(35)18-16-23)28(36)32-25-20(4)13-12-14-21(25)5/h12-19,22,26-27,35H,10-11H2,1-9H3,(H,32,36)(H,33,38). The Morgan fingerprint density at radius 2 is 1.51 bits per heavy atom. The molecule has 0 spiro atoms. The molecular weight excluding hydrogens is 494 g/mol. The Labute approximate surface area is 233 Å². The number of hydrogen-bond donors (Lipinski definition) is 3. The zero-order chi connectivity index (χ0) is 29.5. The van der Waals surface area contributed by atoms with E-state index in [1.165, 1.54) is 12.1 Å². The Balaban J connectivity index is 2.62. The number of hydrogen-bond acceptors (Lipinski definition) is 5. The molecule has 2 aromatic carbocycles. The van der Waals surface area contributed by atoms with E-state index in [0.29, 0.717) is 24.1 Å². The van der Waals surface area contributed by atoms with Crippen LogP contribution in [0.2, 0.25) is 0 Å². The molecule has 3 N–H and O–H groups in total. The van der Waals surface area contributed by atoms with Gasteiger partial charge in [-0.25, -0.2) is 4.79 Å². The van der Waals surface area contributed by atoms with Crippen molar-refractivity contribution in [1.29, 1.82) is 0 Å². The number of nitrogens with zero attached hydrogens (tertiary/aromatic N) is 1. The highest BCUT2D eigenvalue weighted by Crippen LogP contribution is 2.31. The number of phenolic OH excluding ortho intramolecular Hbond substituents is 1. The average Bonchev–Trinajstić information content (AvgIpc) is 2.86. The van der Waals surface area contributed by atoms with Crippen LogP contribution in [0.15, 0.2) is 42.5 Å². The second-order valence-electron chi connectivity index (χ2n) is 11.3. The van der Waals surface area contributed by atoms with Crippen molar-refractivity contribution in [3.05, 3.63) is 59.2 Å². The summed E-state index contributed by atoms with van der Waals surface area (Å²) in [4.78, 5) is 42.7. The molecule has 0 aliphatic rings. The molecule has 4 atom stereocenters. The molecule has 8 heteroatoms. The van der Waals surface area contributed by atoms with Gasteiger partial charge in [0, 0.05) is 11.7 Å². The maximum atomic E-state index is 14.3. The van der Waals surface area contributed by atoms with E-state index in [4.69, 9.17) is 4.74 Å². The second kappa shape index (κ2) is 13.5. The molecule has 2 aromatic rings. The topological polar surface area (TPSA) is 108 Å². The summed E-state index contributed by atoms with van der Waals surface area (Å²) < 4.78 is 5.46. The predicted molar refractivity (Wildman–Crippen MR) is 155 cm³/mol. The molecule has 0 aliphatic heterocycles. The van der Waals surface area contributed by atoms with E-state index in [-0.39, 0.29) is 29.5 Å². The van der Waals surface area contributed by atoms with Gasteiger partial charge in [-0.05, 0) is 82.7 Å². The molecule has 4 unspecified atom stereocenters. The molecule has 0 aliphatic carbocycles. The Morgan fingerprint density at radius 3 is 2.00 bits per heavy atom. The fourth-order valence-corrected chi connectivity index (χ4v) is 4.37. The minimum absolute atomic E-state index is 0.0538. The first-order chi connectivity index (χ1) is 18.2. The molecule has 8 nitrogen and oxygen atoms in total. The Morgan fingerprint density at radius 1 is 0.949 bits per heavy atom. The van der Waals surface area contributed by atoms with Gasteiger partial charge in [-0.1, -0.05) is 57.5 Å². The minimum atomic E-state index is -1.01. The van der Waals surface area contributed by atoms with Crippen molar-refractivity contribution in [2.45, 2.75) is 98.9 Å². The zero-order valence-corrected chi connectivity index (χ0v) is 24.8. The number of carbonyl (C=O) groups excluding carboxylic acids is 3. The van der Waals surface area contributed by atoms with Gasteiger partial charge in [0.25, 0.3) is 5.91 Å². The molecule has 0 radical (unpaired) electrons. The van der Waals surface area contributed by atoms with Gasteiger partial charge in [0.05, 0.1) is 0 Å². The van der Waals surface area contributed by atoms with Crippen LogP contribution in [0.3, 0.4) is 0 Å². The lowest BCUT2D eigenvalue weighted by Crippen LogP contribution is -2.56. The Kier molecular flexibility index (Phi) is 11.0. The minimum Gasteiger partial charge on any atom is -0.508 e. The molecule has 0 saturated heterocycles. The van der Waals surface area contributed by atoms with Crippen LogP contribution in [0.25, 0.3) is 0 Å². The van der Waals surface area contributed by atoms with Crippen LogP contribution in [-0.2, 0) is 14.3 Å². The molecule has 0 heterocycles. The van der Waals surface area contributed by atoms with E-state index in [1.807, 2.05) is 59.7 Å². The van der Waals surface area contributed by atoms with E-state index in [2.05, 4.69) is 10.6 Å². The zero-order valence-electron chi connectivity index (χ0n) is 24.8. The second-order valence-corrected chi connectivity index (χ2v) is 11.3. The highest BCUT2D eigenvalue weighted by Gasteiger charge is 2.40. The predicted octanol–water partition coefficient (Wildman–Crippen LogP) is 6.26. The number of benzene rings is 2. The number of alkyl carbamates (subject to hydrolysis) is 1. The van der Waals surface area contributed by atoms with Crippen molar-refractivity contribution in [3.63, 3.8) is 0 Å². The third-order valence-corrected chi connectivity index (χ3v) is 6.94. The number of amides is 3. The number of ether oxygens (including phenoxy) is 1. The quantitative estimate of drug-likeness (QED) is 0.330. The number of carbonyl (C=O) groups is 3. The van der Waals surface area contributed by atoms with Gasteiger partial charge in [0.15, 0.2) is 0 Å². The number of phenols is 1. The van der Waals surface area contributed by atoms with Crippen LogP contribution in [0.5, 0.6) is 5.75 Å². The number of aromatic hydroxyl groups is 1. The Bertz CT molecular complexity index is 1120. The lowest BCUT2D eigenvalue weighted by Gasteiger charge is -2.39. The maximum Gasteiger partial charge on any atom is 0.408 e. The van der Waals surface area contributed by atoms with Crippen LogP contribution in [0.1, 0.15) is 84.0 Å². The third kappa shape index (κ3) is 8.47. The van der Waals surface area contributed by atoms with Gasteiger partial charge in [-0.15, -0.1) is 0 Å². The molecule has 214 valence electrons. The van der Waals surface area contributed by atoms with Crippen molar-refractivity contribution < 1.29 is 24.2 Å². The first-order valence-corrected chi connectivity index (χ1v) is 13.7. The normalized spacial score (nSPS) is 14.5. The SMILES string of the molecule is CCC(C)C(NC(=O)OC(C)(C)C)C(=O)N(C(C)CC)C(C(=O)Nc1c(C)cccc1C)c1ccc(O)cc1. The summed E-state index contributed by atoms with van der Waals surface area (Å²) in [5.74, 6) is -0.928. The number of para-hydroxylation sites is 1. The highest BCUT2D eigenvalue weighted by molar-refractivity contribution is 6.00. The lowest BCUT2D eigenvalue weighted by atomic mass is 9.94. The molecule has 0 aromatic heterocycles. The van der Waals surface area contributed by atoms with Crippen molar-refractivity contribution in [1.82, 2.24) is 10.2 Å². The van der Waals surface area contributed by atoms with Gasteiger partial charge in [0.2, 0.25) is 5.91 Å². The summed E-state index contributed by atoms with van der Waals surface area (Å²) >= 11 is 0. The van der Waals surface area contributed by atoms with Crippen LogP contribution in [0.4, 0.5) is 10.5 Å². The van der Waals surface area contributed by atoms with Crippen LogP contribution in [0, 0.1) is 19.8 Å². The molecular formula is C31H45N3O5.